The van der Waals surface area contributed by atoms with E-state index in [0.717, 1.165) is 12.8 Å². The van der Waals surface area contributed by atoms with Crippen molar-refractivity contribution in [1.29, 1.82) is 0 Å². The summed E-state index contributed by atoms with van der Waals surface area (Å²) in [5, 5.41) is 0. The molecule has 4 nitrogen and oxygen atoms in total. The minimum absolute atomic E-state index is 0.200. The van der Waals surface area contributed by atoms with Gasteiger partial charge in [0.2, 0.25) is 0 Å². The van der Waals surface area contributed by atoms with Gasteiger partial charge in [-0.15, -0.1) is 0 Å². The largest absolute Gasteiger partial charge is 0.469 e. The lowest BCUT2D eigenvalue weighted by Gasteiger charge is -2.16. The molecule has 0 fully saturated rings. The lowest BCUT2D eigenvalue weighted by molar-refractivity contribution is -0.149. The number of esters is 2. The molecule has 0 aliphatic rings. The SMILES string of the molecule is CCCC(CC(C)C(=O)OC)C(=O)OC. The third-order valence-corrected chi connectivity index (χ3v) is 2.41. The maximum Gasteiger partial charge on any atom is 0.308 e. The van der Waals surface area contributed by atoms with Crippen LogP contribution in [0.2, 0.25) is 0 Å². The van der Waals surface area contributed by atoms with Crippen molar-refractivity contribution < 1.29 is 19.1 Å². The average molecular weight is 216 g/mol. The Kier molecular flexibility index (Phi) is 6.75. The van der Waals surface area contributed by atoms with Gasteiger partial charge in [0, 0.05) is 0 Å². The zero-order chi connectivity index (χ0) is 11.8. The molecule has 0 saturated heterocycles. The lowest BCUT2D eigenvalue weighted by atomic mass is 9.92. The fourth-order valence-corrected chi connectivity index (χ4v) is 1.57. The highest BCUT2D eigenvalue weighted by Crippen LogP contribution is 2.19. The van der Waals surface area contributed by atoms with Crippen LogP contribution in [0.25, 0.3) is 0 Å². The van der Waals surface area contributed by atoms with E-state index in [1.165, 1.54) is 14.2 Å². The molecule has 0 aliphatic heterocycles. The Morgan fingerprint density at radius 2 is 1.67 bits per heavy atom. The van der Waals surface area contributed by atoms with Crippen molar-refractivity contribution in [2.45, 2.75) is 33.1 Å². The van der Waals surface area contributed by atoms with E-state index < -0.39 is 0 Å². The van der Waals surface area contributed by atoms with Crippen LogP contribution in [0.4, 0.5) is 0 Å². The molecule has 0 amide bonds. The van der Waals surface area contributed by atoms with Crippen LogP contribution in [0.3, 0.4) is 0 Å². The number of ether oxygens (including phenoxy) is 2. The third kappa shape index (κ3) is 4.81. The van der Waals surface area contributed by atoms with Crippen LogP contribution in [-0.2, 0) is 19.1 Å². The first-order valence-corrected chi connectivity index (χ1v) is 5.22. The van der Waals surface area contributed by atoms with E-state index in [2.05, 4.69) is 9.47 Å². The lowest BCUT2D eigenvalue weighted by Crippen LogP contribution is -2.23. The topological polar surface area (TPSA) is 52.6 Å². The van der Waals surface area contributed by atoms with Crippen molar-refractivity contribution >= 4 is 11.9 Å². The summed E-state index contributed by atoms with van der Waals surface area (Å²) >= 11 is 0. The maximum absolute atomic E-state index is 11.4. The van der Waals surface area contributed by atoms with Crippen LogP contribution in [0.15, 0.2) is 0 Å². The first-order chi connectivity index (χ1) is 7.06. The van der Waals surface area contributed by atoms with E-state index in [4.69, 9.17) is 0 Å². The normalized spacial score (nSPS) is 14.1. The summed E-state index contributed by atoms with van der Waals surface area (Å²) in [5.41, 5.74) is 0. The number of hydrogen-bond donors (Lipinski definition) is 0. The summed E-state index contributed by atoms with van der Waals surface area (Å²) < 4.78 is 9.30. The molecule has 0 aromatic heterocycles. The van der Waals surface area contributed by atoms with Crippen molar-refractivity contribution in [3.05, 3.63) is 0 Å². The second-order valence-corrected chi connectivity index (χ2v) is 3.67. The van der Waals surface area contributed by atoms with Gasteiger partial charge in [-0.25, -0.2) is 0 Å². The van der Waals surface area contributed by atoms with Crippen molar-refractivity contribution in [1.82, 2.24) is 0 Å². The fourth-order valence-electron chi connectivity index (χ4n) is 1.57. The third-order valence-electron chi connectivity index (χ3n) is 2.41. The molecule has 15 heavy (non-hydrogen) atoms. The Balaban J connectivity index is 4.27. The summed E-state index contributed by atoms with van der Waals surface area (Å²) in [5.74, 6) is -0.979. The number of methoxy groups -OCH3 is 2. The number of carbonyl (C=O) groups excluding carboxylic acids is 2. The maximum atomic E-state index is 11.4. The van der Waals surface area contributed by atoms with Crippen LogP contribution in [-0.4, -0.2) is 26.2 Å². The van der Waals surface area contributed by atoms with E-state index in [1.54, 1.807) is 6.92 Å². The molecule has 2 unspecified atom stereocenters. The van der Waals surface area contributed by atoms with Gasteiger partial charge >= 0.3 is 11.9 Å². The summed E-state index contributed by atoms with van der Waals surface area (Å²) in [6.45, 7) is 3.76. The molecular weight excluding hydrogens is 196 g/mol. The van der Waals surface area contributed by atoms with Gasteiger partial charge in [0.05, 0.1) is 26.1 Å². The molecule has 0 heterocycles. The number of carbonyl (C=O) groups is 2. The average Bonchev–Trinajstić information content (AvgIpc) is 2.26. The number of rotatable bonds is 6. The fraction of sp³-hybridized carbons (Fsp3) is 0.818. The standard InChI is InChI=1S/C11H20O4/c1-5-6-9(11(13)15-4)7-8(2)10(12)14-3/h8-9H,5-7H2,1-4H3. The Morgan fingerprint density at radius 3 is 2.07 bits per heavy atom. The van der Waals surface area contributed by atoms with E-state index in [-0.39, 0.29) is 23.8 Å². The van der Waals surface area contributed by atoms with Gasteiger partial charge in [0.25, 0.3) is 0 Å². The van der Waals surface area contributed by atoms with Crippen molar-refractivity contribution in [2.75, 3.05) is 14.2 Å². The summed E-state index contributed by atoms with van der Waals surface area (Å²) in [6.07, 6.45) is 2.13. The zero-order valence-electron chi connectivity index (χ0n) is 9.91. The Labute approximate surface area is 90.9 Å². The van der Waals surface area contributed by atoms with Gasteiger partial charge in [0.15, 0.2) is 0 Å². The molecule has 0 saturated carbocycles. The molecule has 0 radical (unpaired) electrons. The quantitative estimate of drug-likeness (QED) is 0.635. The van der Waals surface area contributed by atoms with Gasteiger partial charge in [-0.05, 0) is 12.8 Å². The first-order valence-electron chi connectivity index (χ1n) is 5.22. The Hall–Kier alpha value is -1.06. The molecular formula is C11H20O4. The Bertz CT molecular complexity index is 213. The van der Waals surface area contributed by atoms with Crippen molar-refractivity contribution in [3.63, 3.8) is 0 Å². The predicted octanol–water partition coefficient (Wildman–Crippen LogP) is 1.77. The minimum atomic E-state index is -0.278. The van der Waals surface area contributed by atoms with Gasteiger partial charge in [0.1, 0.15) is 0 Å². The summed E-state index contributed by atoms with van der Waals surface area (Å²) in [4.78, 5) is 22.6. The monoisotopic (exact) mass is 216 g/mol. The highest BCUT2D eigenvalue weighted by atomic mass is 16.5. The van der Waals surface area contributed by atoms with Crippen molar-refractivity contribution in [2.24, 2.45) is 11.8 Å². The Morgan fingerprint density at radius 1 is 1.13 bits per heavy atom. The molecule has 0 spiro atoms. The van der Waals surface area contributed by atoms with Crippen LogP contribution in [0.5, 0.6) is 0 Å². The summed E-state index contributed by atoms with van der Waals surface area (Å²) in [7, 11) is 2.72. The van der Waals surface area contributed by atoms with Crippen LogP contribution in [0, 0.1) is 11.8 Å². The van der Waals surface area contributed by atoms with Gasteiger partial charge < -0.3 is 9.47 Å². The second kappa shape index (κ2) is 7.26. The van der Waals surface area contributed by atoms with Crippen LogP contribution >= 0.6 is 0 Å². The number of hydrogen-bond acceptors (Lipinski definition) is 4. The minimum Gasteiger partial charge on any atom is -0.469 e. The van der Waals surface area contributed by atoms with Gasteiger partial charge in [-0.3, -0.25) is 9.59 Å². The van der Waals surface area contributed by atoms with Crippen LogP contribution < -0.4 is 0 Å². The van der Waals surface area contributed by atoms with E-state index >= 15 is 0 Å². The zero-order valence-corrected chi connectivity index (χ0v) is 9.91. The predicted molar refractivity (Wildman–Crippen MR) is 56.2 cm³/mol. The molecule has 4 heteroatoms. The van der Waals surface area contributed by atoms with Gasteiger partial charge in [-0.1, -0.05) is 20.3 Å². The highest BCUT2D eigenvalue weighted by Gasteiger charge is 2.24. The van der Waals surface area contributed by atoms with Gasteiger partial charge in [-0.2, -0.15) is 0 Å². The molecule has 88 valence electrons. The molecule has 0 aromatic rings. The highest BCUT2D eigenvalue weighted by molar-refractivity contribution is 5.75. The smallest absolute Gasteiger partial charge is 0.308 e. The van der Waals surface area contributed by atoms with E-state index in [0.29, 0.717) is 6.42 Å². The first kappa shape index (κ1) is 13.9. The van der Waals surface area contributed by atoms with Crippen molar-refractivity contribution in [3.8, 4) is 0 Å². The molecule has 0 aromatic carbocycles. The molecule has 0 bridgehead atoms. The molecule has 0 rings (SSSR count). The van der Waals surface area contributed by atoms with E-state index in [1.807, 2.05) is 6.92 Å². The second-order valence-electron chi connectivity index (χ2n) is 3.67. The van der Waals surface area contributed by atoms with E-state index in [9.17, 15) is 9.59 Å². The molecule has 2 atom stereocenters. The summed E-state index contributed by atoms with van der Waals surface area (Å²) in [6, 6.07) is 0. The molecule has 0 N–H and O–H groups in total. The van der Waals surface area contributed by atoms with Crippen LogP contribution in [0.1, 0.15) is 33.1 Å². The molecule has 0 aliphatic carbocycles.